The molecule has 1 aliphatic rings. The molecule has 0 spiro atoms. The van der Waals surface area contributed by atoms with Crippen molar-refractivity contribution in [1.82, 2.24) is 4.90 Å². The van der Waals surface area contributed by atoms with Gasteiger partial charge in [0.15, 0.2) is 0 Å². The smallest absolute Gasteiger partial charge is 0.283 e. The van der Waals surface area contributed by atoms with Gasteiger partial charge in [0.2, 0.25) is 0 Å². The summed E-state index contributed by atoms with van der Waals surface area (Å²) < 4.78 is 0. The number of carbonyl (C=O) groups excluding carboxylic acids is 1. The lowest BCUT2D eigenvalue weighted by Gasteiger charge is -2.28. The van der Waals surface area contributed by atoms with Gasteiger partial charge in [-0.15, -0.1) is 0 Å². The van der Waals surface area contributed by atoms with E-state index < -0.39 is 16.4 Å². The van der Waals surface area contributed by atoms with Gasteiger partial charge < -0.3 is 10.0 Å². The van der Waals surface area contributed by atoms with Gasteiger partial charge in [0.25, 0.3) is 11.6 Å². The van der Waals surface area contributed by atoms with Crippen LogP contribution in [-0.4, -0.2) is 40.0 Å². The van der Waals surface area contributed by atoms with Crippen LogP contribution >= 0.6 is 11.6 Å². The summed E-state index contributed by atoms with van der Waals surface area (Å²) >= 11 is 5.95. The van der Waals surface area contributed by atoms with Crippen LogP contribution in [-0.2, 0) is 0 Å². The molecule has 0 aromatic heterocycles. The molecular formula is C14H17ClN2O4. The van der Waals surface area contributed by atoms with E-state index in [0.29, 0.717) is 12.8 Å². The van der Waals surface area contributed by atoms with Crippen molar-refractivity contribution >= 4 is 23.2 Å². The van der Waals surface area contributed by atoms with Crippen molar-refractivity contribution in [1.29, 1.82) is 0 Å². The molecule has 21 heavy (non-hydrogen) atoms. The molecule has 1 fully saturated rings. The van der Waals surface area contributed by atoms with Crippen LogP contribution in [0, 0.1) is 10.1 Å². The zero-order chi connectivity index (χ0) is 15.6. The highest BCUT2D eigenvalue weighted by molar-refractivity contribution is 6.34. The van der Waals surface area contributed by atoms with Crippen molar-refractivity contribution in [2.75, 3.05) is 13.6 Å². The van der Waals surface area contributed by atoms with Crippen LogP contribution in [0.1, 0.15) is 36.0 Å². The van der Waals surface area contributed by atoms with Gasteiger partial charge in [0.05, 0.1) is 15.5 Å². The summed E-state index contributed by atoms with van der Waals surface area (Å²) in [6.07, 6.45) is 3.11. The van der Waals surface area contributed by atoms with Crippen LogP contribution in [0.5, 0.6) is 0 Å². The molecule has 1 saturated carbocycles. The summed E-state index contributed by atoms with van der Waals surface area (Å²) in [7, 11) is 1.52. The number of amides is 1. The maximum Gasteiger partial charge on any atom is 0.283 e. The predicted molar refractivity (Wildman–Crippen MR) is 78.5 cm³/mol. The molecule has 0 unspecified atom stereocenters. The lowest BCUT2D eigenvalue weighted by Crippen LogP contribution is -2.42. The fourth-order valence-corrected chi connectivity index (χ4v) is 3.02. The van der Waals surface area contributed by atoms with E-state index in [0.717, 1.165) is 12.8 Å². The average Bonchev–Trinajstić information content (AvgIpc) is 2.84. The van der Waals surface area contributed by atoms with Gasteiger partial charge >= 0.3 is 0 Å². The number of halogens is 1. The second kappa shape index (κ2) is 5.99. The Morgan fingerprint density at radius 3 is 2.67 bits per heavy atom. The Kier molecular flexibility index (Phi) is 4.49. The number of likely N-dealkylation sites (N-methyl/N-ethyl adjacent to an activating group) is 1. The Labute approximate surface area is 127 Å². The van der Waals surface area contributed by atoms with Crippen molar-refractivity contribution in [2.24, 2.45) is 0 Å². The number of carbonyl (C=O) groups is 1. The normalized spacial score (nSPS) is 16.7. The molecule has 7 heteroatoms. The van der Waals surface area contributed by atoms with Crippen LogP contribution in [0.3, 0.4) is 0 Å². The van der Waals surface area contributed by atoms with Crippen LogP contribution in [0.15, 0.2) is 18.2 Å². The molecule has 0 heterocycles. The number of nitrogens with zero attached hydrogens (tertiary/aromatic N) is 2. The lowest BCUT2D eigenvalue weighted by atomic mass is 10.0. The quantitative estimate of drug-likeness (QED) is 0.684. The number of rotatable bonds is 4. The van der Waals surface area contributed by atoms with E-state index in [1.54, 1.807) is 0 Å². The molecular weight excluding hydrogens is 296 g/mol. The first-order valence-electron chi connectivity index (χ1n) is 6.75. The van der Waals surface area contributed by atoms with Gasteiger partial charge in [-0.2, -0.15) is 0 Å². The summed E-state index contributed by atoms with van der Waals surface area (Å²) in [6, 6.07) is 4.12. The molecule has 0 radical (unpaired) electrons. The second-order valence-electron chi connectivity index (χ2n) is 5.48. The van der Waals surface area contributed by atoms with E-state index >= 15 is 0 Å². The first-order chi connectivity index (χ1) is 9.84. The van der Waals surface area contributed by atoms with E-state index in [4.69, 9.17) is 11.6 Å². The zero-order valence-electron chi connectivity index (χ0n) is 11.7. The summed E-state index contributed by atoms with van der Waals surface area (Å²) in [4.78, 5) is 24.2. The molecule has 1 aliphatic carbocycles. The highest BCUT2D eigenvalue weighted by atomic mass is 35.5. The fraction of sp³-hybridized carbons (Fsp3) is 0.500. The Morgan fingerprint density at radius 1 is 1.48 bits per heavy atom. The van der Waals surface area contributed by atoms with Gasteiger partial charge in [-0.25, -0.2) is 0 Å². The molecule has 1 N–H and O–H groups in total. The number of aliphatic hydroxyl groups is 1. The summed E-state index contributed by atoms with van der Waals surface area (Å²) in [5, 5.41) is 21.4. The van der Waals surface area contributed by atoms with Crippen LogP contribution in [0.2, 0.25) is 5.02 Å². The fourth-order valence-electron chi connectivity index (χ4n) is 2.77. The first kappa shape index (κ1) is 15.7. The molecule has 0 bridgehead atoms. The van der Waals surface area contributed by atoms with Crippen molar-refractivity contribution < 1.29 is 14.8 Å². The largest absolute Gasteiger partial charge is 0.388 e. The van der Waals surface area contributed by atoms with Gasteiger partial charge in [0.1, 0.15) is 5.56 Å². The standard InChI is InChI=1S/C14H17ClN2O4/c1-16(9-14(19)7-2-3-8-14)13(18)12-10(15)5-4-6-11(12)17(20)21/h4-6,19H,2-3,7-9H2,1H3. The van der Waals surface area contributed by atoms with E-state index in [2.05, 4.69) is 0 Å². The SMILES string of the molecule is CN(CC1(O)CCCC1)C(=O)c1c(Cl)cccc1[N+](=O)[O-]. The first-order valence-corrected chi connectivity index (χ1v) is 7.13. The zero-order valence-corrected chi connectivity index (χ0v) is 12.5. The summed E-state index contributed by atoms with van der Waals surface area (Å²) in [5.41, 5.74) is -1.36. The third kappa shape index (κ3) is 3.33. The van der Waals surface area contributed by atoms with Crippen LogP contribution < -0.4 is 0 Å². The Morgan fingerprint density at radius 2 is 2.10 bits per heavy atom. The topological polar surface area (TPSA) is 83.7 Å². The van der Waals surface area contributed by atoms with Gasteiger partial charge in [-0.1, -0.05) is 30.5 Å². The number of benzene rings is 1. The number of nitro groups is 1. The minimum Gasteiger partial charge on any atom is -0.388 e. The minimum atomic E-state index is -0.902. The van der Waals surface area contributed by atoms with Crippen molar-refractivity contribution in [2.45, 2.75) is 31.3 Å². The van der Waals surface area contributed by atoms with Crippen molar-refractivity contribution in [3.8, 4) is 0 Å². The molecule has 6 nitrogen and oxygen atoms in total. The molecule has 1 aromatic rings. The highest BCUT2D eigenvalue weighted by Crippen LogP contribution is 2.32. The number of hydrogen-bond donors (Lipinski definition) is 1. The molecule has 2 rings (SSSR count). The lowest BCUT2D eigenvalue weighted by molar-refractivity contribution is -0.385. The van der Waals surface area contributed by atoms with Gasteiger partial charge in [0, 0.05) is 19.7 Å². The molecule has 114 valence electrons. The summed E-state index contributed by atoms with van der Waals surface area (Å²) in [6.45, 7) is 0.147. The molecule has 0 atom stereocenters. The van der Waals surface area contributed by atoms with Crippen LogP contribution in [0.25, 0.3) is 0 Å². The van der Waals surface area contributed by atoms with Gasteiger partial charge in [-0.05, 0) is 18.9 Å². The van der Waals surface area contributed by atoms with E-state index in [9.17, 15) is 20.0 Å². The maximum atomic E-state index is 12.4. The monoisotopic (exact) mass is 312 g/mol. The Hall–Kier alpha value is -1.66. The predicted octanol–water partition coefficient (Wildman–Crippen LogP) is 2.63. The average molecular weight is 313 g/mol. The van der Waals surface area contributed by atoms with Crippen molar-refractivity contribution in [3.05, 3.63) is 38.9 Å². The third-order valence-electron chi connectivity index (χ3n) is 3.81. The maximum absolute atomic E-state index is 12.4. The van der Waals surface area contributed by atoms with Crippen molar-refractivity contribution in [3.63, 3.8) is 0 Å². The summed E-state index contributed by atoms with van der Waals surface area (Å²) in [5.74, 6) is -0.548. The number of hydrogen-bond acceptors (Lipinski definition) is 4. The molecule has 0 aliphatic heterocycles. The Bertz CT molecular complexity index is 570. The Balaban J connectivity index is 2.25. The van der Waals surface area contributed by atoms with E-state index in [-0.39, 0.29) is 22.8 Å². The van der Waals surface area contributed by atoms with Crippen LogP contribution in [0.4, 0.5) is 5.69 Å². The molecule has 1 amide bonds. The highest BCUT2D eigenvalue weighted by Gasteiger charge is 2.35. The molecule has 1 aromatic carbocycles. The minimum absolute atomic E-state index is 0.0412. The third-order valence-corrected chi connectivity index (χ3v) is 4.13. The number of nitro benzene ring substituents is 1. The second-order valence-corrected chi connectivity index (χ2v) is 5.89. The van der Waals surface area contributed by atoms with Gasteiger partial charge in [-0.3, -0.25) is 14.9 Å². The molecule has 0 saturated heterocycles. The van der Waals surface area contributed by atoms with E-state index in [1.165, 1.54) is 30.1 Å². The van der Waals surface area contributed by atoms with E-state index in [1.807, 2.05) is 0 Å².